The highest BCUT2D eigenvalue weighted by atomic mass is 16.6. The zero-order valence-corrected chi connectivity index (χ0v) is 16.0. The Morgan fingerprint density at radius 1 is 0.545 bits per heavy atom. The molecule has 0 radical (unpaired) electrons. The molecule has 1 nitrogen and oxygen atoms in total. The number of ether oxygens (including phenoxy) is 1. The van der Waals surface area contributed by atoms with Crippen molar-refractivity contribution in [3.05, 3.63) is 0 Å². The molecule has 1 heterocycles. The Balaban J connectivity index is 1.72. The Morgan fingerprint density at radius 3 is 1.18 bits per heavy atom. The van der Waals surface area contributed by atoms with Crippen molar-refractivity contribution in [1.29, 1.82) is 0 Å². The van der Waals surface area contributed by atoms with Gasteiger partial charge in [-0.1, -0.05) is 96.8 Å². The first-order chi connectivity index (χ1) is 10.5. The van der Waals surface area contributed by atoms with Crippen LogP contribution in [0.25, 0.3) is 0 Å². The van der Waals surface area contributed by atoms with Gasteiger partial charge in [0.15, 0.2) is 0 Å². The predicted molar refractivity (Wildman–Crippen MR) is 98.5 cm³/mol. The van der Waals surface area contributed by atoms with Gasteiger partial charge >= 0.3 is 0 Å². The van der Waals surface area contributed by atoms with Gasteiger partial charge in [-0.05, 0) is 27.2 Å². The largest absolute Gasteiger partial charge is 0.363 e. The molecule has 1 fully saturated rings. The normalized spacial score (nSPS) is 22.9. The van der Waals surface area contributed by atoms with Gasteiger partial charge in [0, 0.05) is 0 Å². The third-order valence-electron chi connectivity index (χ3n) is 5.72. The summed E-state index contributed by atoms with van der Waals surface area (Å²) >= 11 is 0. The van der Waals surface area contributed by atoms with E-state index in [4.69, 9.17) is 4.74 Å². The summed E-state index contributed by atoms with van der Waals surface area (Å²) in [7, 11) is 0. The topological polar surface area (TPSA) is 12.5 Å². The van der Waals surface area contributed by atoms with Crippen molar-refractivity contribution < 1.29 is 4.74 Å². The second-order valence-corrected chi connectivity index (χ2v) is 8.19. The van der Waals surface area contributed by atoms with Crippen LogP contribution in [0.4, 0.5) is 0 Å². The van der Waals surface area contributed by atoms with Crippen molar-refractivity contribution in [3.63, 3.8) is 0 Å². The van der Waals surface area contributed by atoms with Gasteiger partial charge in [-0.25, -0.2) is 0 Å². The minimum atomic E-state index is 0.142. The molecule has 1 unspecified atom stereocenters. The van der Waals surface area contributed by atoms with Crippen molar-refractivity contribution in [3.8, 4) is 0 Å². The van der Waals surface area contributed by atoms with Crippen LogP contribution in [0.1, 0.15) is 124 Å². The smallest absolute Gasteiger partial charge is 0.0946 e. The van der Waals surface area contributed by atoms with E-state index in [1.54, 1.807) is 0 Å². The summed E-state index contributed by atoms with van der Waals surface area (Å²) in [6, 6.07) is 0. The lowest BCUT2D eigenvalue weighted by Crippen LogP contribution is -2.15. The van der Waals surface area contributed by atoms with Crippen LogP contribution in [-0.2, 0) is 4.74 Å². The minimum absolute atomic E-state index is 0.142. The summed E-state index contributed by atoms with van der Waals surface area (Å²) < 4.78 is 5.81. The van der Waals surface area contributed by atoms with Crippen LogP contribution in [0.3, 0.4) is 0 Å². The van der Waals surface area contributed by atoms with Gasteiger partial charge in [0.2, 0.25) is 0 Å². The minimum Gasteiger partial charge on any atom is -0.363 e. The molecule has 1 rings (SSSR count). The number of epoxide rings is 1. The van der Waals surface area contributed by atoms with Gasteiger partial charge in [-0.15, -0.1) is 0 Å². The van der Waals surface area contributed by atoms with Gasteiger partial charge in [0.1, 0.15) is 0 Å². The first-order valence-corrected chi connectivity index (χ1v) is 10.2. The number of rotatable bonds is 15. The molecule has 22 heavy (non-hydrogen) atoms. The monoisotopic (exact) mass is 310 g/mol. The Hall–Kier alpha value is -0.0400. The van der Waals surface area contributed by atoms with Crippen molar-refractivity contribution in [2.24, 2.45) is 0 Å². The van der Waals surface area contributed by atoms with Crippen molar-refractivity contribution in [1.82, 2.24) is 0 Å². The molecule has 1 atom stereocenters. The van der Waals surface area contributed by atoms with Gasteiger partial charge in [-0.3, -0.25) is 0 Å². The molecule has 0 N–H and O–H groups in total. The first-order valence-electron chi connectivity index (χ1n) is 10.2. The fourth-order valence-electron chi connectivity index (χ4n) is 3.55. The summed E-state index contributed by atoms with van der Waals surface area (Å²) in [5, 5.41) is 0. The van der Waals surface area contributed by atoms with E-state index in [0.29, 0.717) is 0 Å². The van der Waals surface area contributed by atoms with Gasteiger partial charge in [0.25, 0.3) is 0 Å². The molecule has 0 aromatic heterocycles. The third kappa shape index (κ3) is 7.99. The molecule has 1 saturated heterocycles. The van der Waals surface area contributed by atoms with Gasteiger partial charge in [0.05, 0.1) is 11.2 Å². The molecule has 1 heteroatoms. The molecule has 0 aliphatic carbocycles. The van der Waals surface area contributed by atoms with Gasteiger partial charge < -0.3 is 4.74 Å². The Bertz CT molecular complexity index is 271. The molecule has 0 bridgehead atoms. The average Bonchev–Trinajstić information content (AvgIpc) is 2.97. The van der Waals surface area contributed by atoms with Crippen LogP contribution in [0.2, 0.25) is 0 Å². The maximum atomic E-state index is 5.81. The molecular weight excluding hydrogens is 268 g/mol. The Labute approximate surface area is 140 Å². The fourth-order valence-corrected chi connectivity index (χ4v) is 3.55. The van der Waals surface area contributed by atoms with E-state index in [1.807, 2.05) is 0 Å². The van der Waals surface area contributed by atoms with E-state index in [2.05, 4.69) is 27.7 Å². The molecule has 0 amide bonds. The van der Waals surface area contributed by atoms with Crippen LogP contribution in [0, 0.1) is 0 Å². The first kappa shape index (κ1) is 20.0. The predicted octanol–water partition coefficient (Wildman–Crippen LogP) is 7.43. The molecule has 1 aliphatic heterocycles. The lowest BCUT2D eigenvalue weighted by molar-refractivity contribution is 0.273. The van der Waals surface area contributed by atoms with E-state index in [-0.39, 0.29) is 11.2 Å². The second kappa shape index (κ2) is 10.7. The summed E-state index contributed by atoms with van der Waals surface area (Å²) in [5.41, 5.74) is 0.327. The lowest BCUT2D eigenvalue weighted by atomic mass is 9.92. The molecule has 132 valence electrons. The van der Waals surface area contributed by atoms with Crippen LogP contribution in [0.5, 0.6) is 0 Å². The summed E-state index contributed by atoms with van der Waals surface area (Å²) in [6.07, 6.45) is 21.4. The molecule has 1 aliphatic rings. The van der Waals surface area contributed by atoms with E-state index in [0.717, 1.165) is 0 Å². The van der Waals surface area contributed by atoms with E-state index >= 15 is 0 Å². The van der Waals surface area contributed by atoms with E-state index in [9.17, 15) is 0 Å². The van der Waals surface area contributed by atoms with Crippen LogP contribution in [0.15, 0.2) is 0 Å². The molecule has 0 spiro atoms. The zero-order valence-electron chi connectivity index (χ0n) is 16.0. The van der Waals surface area contributed by atoms with Crippen molar-refractivity contribution in [2.45, 2.75) is 135 Å². The van der Waals surface area contributed by atoms with E-state index in [1.165, 1.54) is 96.3 Å². The van der Waals surface area contributed by atoms with Crippen LogP contribution in [-0.4, -0.2) is 11.2 Å². The highest BCUT2D eigenvalue weighted by Gasteiger charge is 2.58. The molecule has 0 aromatic rings. The maximum Gasteiger partial charge on any atom is 0.0946 e. The van der Waals surface area contributed by atoms with Gasteiger partial charge in [-0.2, -0.15) is 0 Å². The highest BCUT2D eigenvalue weighted by Crippen LogP contribution is 2.50. The standard InChI is InChI=1S/C21H42O/c1-5-6-7-8-9-10-11-12-13-14-15-16-17-18-19-21(4)20(2,3)22-21/h5-19H2,1-4H3. The van der Waals surface area contributed by atoms with Crippen LogP contribution >= 0.6 is 0 Å². The fraction of sp³-hybridized carbons (Fsp3) is 1.00. The average molecular weight is 311 g/mol. The Kier molecular flexibility index (Phi) is 9.71. The summed E-state index contributed by atoms with van der Waals surface area (Å²) in [6.45, 7) is 9.00. The van der Waals surface area contributed by atoms with Crippen molar-refractivity contribution >= 4 is 0 Å². The number of hydrogen-bond acceptors (Lipinski definition) is 1. The second-order valence-electron chi connectivity index (χ2n) is 8.19. The number of unbranched alkanes of at least 4 members (excludes halogenated alkanes) is 13. The van der Waals surface area contributed by atoms with Crippen LogP contribution < -0.4 is 0 Å². The summed E-state index contributed by atoms with van der Waals surface area (Å²) in [5.74, 6) is 0. The Morgan fingerprint density at radius 2 is 0.864 bits per heavy atom. The number of hydrogen-bond donors (Lipinski definition) is 0. The molecular formula is C21H42O. The summed E-state index contributed by atoms with van der Waals surface area (Å²) in [4.78, 5) is 0. The quantitative estimate of drug-likeness (QED) is 0.226. The highest BCUT2D eigenvalue weighted by molar-refractivity contribution is 5.07. The maximum absolute atomic E-state index is 5.81. The van der Waals surface area contributed by atoms with E-state index < -0.39 is 0 Å². The zero-order chi connectivity index (χ0) is 16.3. The lowest BCUT2D eigenvalue weighted by Gasteiger charge is -2.08. The van der Waals surface area contributed by atoms with Crippen molar-refractivity contribution in [2.75, 3.05) is 0 Å². The molecule has 0 saturated carbocycles. The third-order valence-corrected chi connectivity index (χ3v) is 5.72. The molecule has 0 aromatic carbocycles. The SMILES string of the molecule is CCCCCCCCCCCCCCCCC1(C)OC1(C)C.